The number of nitrogen functional groups attached to an aromatic ring is 1. The molecule has 4 atom stereocenters. The Morgan fingerprint density at radius 1 is 1.26 bits per heavy atom. The van der Waals surface area contributed by atoms with Crippen LogP contribution in [0.15, 0.2) is 18.2 Å². The van der Waals surface area contributed by atoms with E-state index in [0.29, 0.717) is 43.3 Å². The molecule has 0 bridgehead atoms. The summed E-state index contributed by atoms with van der Waals surface area (Å²) < 4.78 is 102. The number of halogens is 6. The summed E-state index contributed by atoms with van der Waals surface area (Å²) in [5.41, 5.74) is 1.85. The van der Waals surface area contributed by atoms with Gasteiger partial charge in [-0.1, -0.05) is 6.07 Å². The molecule has 3 N–H and O–H groups in total. The molecule has 3 fully saturated rings. The molecular formula is C31H28F6N6O2S. The van der Waals surface area contributed by atoms with E-state index in [0.717, 1.165) is 18.6 Å². The minimum atomic E-state index is -5.09. The van der Waals surface area contributed by atoms with Crippen molar-refractivity contribution in [2.45, 2.75) is 62.6 Å². The molecule has 7 rings (SSSR count). The number of anilines is 1. The number of rotatable bonds is 6. The van der Waals surface area contributed by atoms with Gasteiger partial charge in [0.1, 0.15) is 41.3 Å². The summed E-state index contributed by atoms with van der Waals surface area (Å²) in [6.45, 7) is 3.40. The maximum absolute atomic E-state index is 16.8. The zero-order valence-corrected chi connectivity index (χ0v) is 25.3. The van der Waals surface area contributed by atoms with Crippen LogP contribution in [0.2, 0.25) is 0 Å². The lowest BCUT2D eigenvalue weighted by atomic mass is 9.92. The average Bonchev–Trinajstić information content (AvgIpc) is 3.74. The van der Waals surface area contributed by atoms with Crippen LogP contribution in [-0.4, -0.2) is 65.0 Å². The summed E-state index contributed by atoms with van der Waals surface area (Å²) in [6, 6.07) is 3.91. The van der Waals surface area contributed by atoms with Gasteiger partial charge in [0.15, 0.2) is 5.82 Å². The first-order valence-corrected chi connectivity index (χ1v) is 15.7. The Morgan fingerprint density at radius 3 is 2.78 bits per heavy atom. The SMILES string of the molecule is C[C@H]1NCC[C@H]1Oc1nc(OCC23CCCN2C[C@H](F)C3)nc2c(F)c(-c3ccc(F)c4sc(N)c(C#N)c34)c(C(F)(F)F)cc12. The van der Waals surface area contributed by atoms with E-state index in [2.05, 4.69) is 15.3 Å². The van der Waals surface area contributed by atoms with E-state index in [1.54, 1.807) is 0 Å². The van der Waals surface area contributed by atoms with Crippen LogP contribution in [0.3, 0.4) is 0 Å². The molecule has 2 aromatic carbocycles. The van der Waals surface area contributed by atoms with Gasteiger partial charge in [-0.2, -0.15) is 28.4 Å². The highest BCUT2D eigenvalue weighted by Gasteiger charge is 2.49. The molecule has 1 unspecified atom stereocenters. The maximum atomic E-state index is 16.8. The van der Waals surface area contributed by atoms with E-state index in [1.165, 1.54) is 0 Å². The van der Waals surface area contributed by atoms with Gasteiger partial charge in [-0.25, -0.2) is 13.2 Å². The molecule has 0 aliphatic carbocycles. The fourth-order valence-corrected chi connectivity index (χ4v) is 8.07. The monoisotopic (exact) mass is 662 g/mol. The third kappa shape index (κ3) is 4.98. The van der Waals surface area contributed by atoms with Crippen molar-refractivity contribution in [2.75, 3.05) is 32.0 Å². The molecular weight excluding hydrogens is 634 g/mol. The molecule has 242 valence electrons. The van der Waals surface area contributed by atoms with Gasteiger partial charge in [-0.15, -0.1) is 11.3 Å². The number of alkyl halides is 4. The predicted molar refractivity (Wildman–Crippen MR) is 159 cm³/mol. The summed E-state index contributed by atoms with van der Waals surface area (Å²) in [5.74, 6) is -2.50. The summed E-state index contributed by atoms with van der Waals surface area (Å²) in [5, 5.41) is 12.3. The quantitative estimate of drug-likeness (QED) is 0.230. The Balaban J connectivity index is 1.44. The van der Waals surface area contributed by atoms with Gasteiger partial charge in [0.05, 0.1) is 26.8 Å². The third-order valence-corrected chi connectivity index (χ3v) is 10.4. The minimum absolute atomic E-state index is 0.00679. The number of hydrogen-bond acceptors (Lipinski definition) is 9. The molecule has 3 saturated heterocycles. The number of hydrogen-bond donors (Lipinski definition) is 2. The summed E-state index contributed by atoms with van der Waals surface area (Å²) in [4.78, 5) is 10.6. The number of aromatic nitrogens is 2. The van der Waals surface area contributed by atoms with Crippen LogP contribution in [0.25, 0.3) is 32.1 Å². The topological polar surface area (TPSA) is 109 Å². The Kier molecular flexibility index (Phi) is 7.45. The molecule has 2 aromatic heterocycles. The minimum Gasteiger partial charge on any atom is -0.472 e. The molecule has 15 heteroatoms. The lowest BCUT2D eigenvalue weighted by Gasteiger charge is -2.30. The van der Waals surface area contributed by atoms with E-state index in [4.69, 9.17) is 15.2 Å². The van der Waals surface area contributed by atoms with E-state index < -0.39 is 52.3 Å². The number of ether oxygens (including phenoxy) is 2. The number of nitriles is 1. The fourth-order valence-electron chi connectivity index (χ4n) is 7.12. The number of fused-ring (bicyclic) bond motifs is 3. The van der Waals surface area contributed by atoms with Crippen LogP contribution in [-0.2, 0) is 6.18 Å². The van der Waals surface area contributed by atoms with Gasteiger partial charge in [0.25, 0.3) is 0 Å². The second-order valence-electron chi connectivity index (χ2n) is 12.1. The predicted octanol–water partition coefficient (Wildman–Crippen LogP) is 6.35. The molecule has 5 heterocycles. The van der Waals surface area contributed by atoms with Crippen molar-refractivity contribution < 1.29 is 35.8 Å². The van der Waals surface area contributed by atoms with Crippen molar-refractivity contribution in [1.29, 1.82) is 5.26 Å². The highest BCUT2D eigenvalue weighted by molar-refractivity contribution is 7.23. The van der Waals surface area contributed by atoms with Crippen LogP contribution >= 0.6 is 11.3 Å². The van der Waals surface area contributed by atoms with Gasteiger partial charge in [-0.3, -0.25) is 4.90 Å². The second kappa shape index (κ2) is 11.1. The molecule has 46 heavy (non-hydrogen) atoms. The first-order chi connectivity index (χ1) is 21.9. The molecule has 0 spiro atoms. The second-order valence-corrected chi connectivity index (χ2v) is 13.2. The summed E-state index contributed by atoms with van der Waals surface area (Å²) in [6.07, 6.45) is -4.33. The van der Waals surface area contributed by atoms with E-state index in [9.17, 15) is 27.2 Å². The van der Waals surface area contributed by atoms with Crippen molar-refractivity contribution in [1.82, 2.24) is 20.2 Å². The maximum Gasteiger partial charge on any atom is 0.417 e. The van der Waals surface area contributed by atoms with Gasteiger partial charge >= 0.3 is 12.2 Å². The van der Waals surface area contributed by atoms with Gasteiger partial charge < -0.3 is 20.5 Å². The number of benzene rings is 2. The molecule has 8 nitrogen and oxygen atoms in total. The highest BCUT2D eigenvalue weighted by Crippen LogP contribution is 2.48. The van der Waals surface area contributed by atoms with E-state index >= 15 is 4.39 Å². The number of nitrogens with one attached hydrogen (secondary N) is 1. The van der Waals surface area contributed by atoms with Gasteiger partial charge in [0.2, 0.25) is 5.88 Å². The fraction of sp³-hybridized carbons (Fsp3) is 0.452. The average molecular weight is 663 g/mol. The Hall–Kier alpha value is -3.87. The summed E-state index contributed by atoms with van der Waals surface area (Å²) >= 11 is 0.684. The first kappa shape index (κ1) is 30.8. The molecule has 0 radical (unpaired) electrons. The number of nitrogens with two attached hydrogens (primary N) is 1. The molecule has 4 aromatic rings. The lowest BCUT2D eigenvalue weighted by Crippen LogP contribution is -2.43. The van der Waals surface area contributed by atoms with Crippen LogP contribution in [0.4, 0.5) is 31.3 Å². The van der Waals surface area contributed by atoms with Crippen molar-refractivity contribution in [2.24, 2.45) is 0 Å². The Labute approximate surface area is 263 Å². The van der Waals surface area contributed by atoms with E-state index in [-0.39, 0.29) is 69.1 Å². The lowest BCUT2D eigenvalue weighted by molar-refractivity contribution is -0.137. The molecule has 0 saturated carbocycles. The summed E-state index contributed by atoms with van der Waals surface area (Å²) in [7, 11) is 0. The van der Waals surface area contributed by atoms with Gasteiger partial charge in [-0.05, 0) is 57.0 Å². The molecule has 3 aliphatic rings. The smallest absolute Gasteiger partial charge is 0.417 e. The normalized spacial score (nSPS) is 25.0. The molecule has 0 amide bonds. The van der Waals surface area contributed by atoms with Crippen molar-refractivity contribution in [3.05, 3.63) is 41.0 Å². The standard InChI is InChI=1S/C31H28F6N6O2S/c1-14-21(5-7-40-14)45-28-17-9-19(31(35,36)37)23(16-3-4-20(33)26-22(16)18(11-38)27(39)46-26)24(34)25(17)41-29(42-28)44-13-30-6-2-8-43(30)12-15(32)10-30/h3-4,9,14-15,21,40H,2,5-8,10,12-13,39H2,1H3/t14-,15-,21-,30?/m1/s1. The van der Waals surface area contributed by atoms with Crippen molar-refractivity contribution >= 4 is 37.3 Å². The number of nitrogens with zero attached hydrogens (tertiary/aromatic N) is 4. The highest BCUT2D eigenvalue weighted by atomic mass is 32.1. The number of thiophene rings is 1. The van der Waals surface area contributed by atoms with Crippen molar-refractivity contribution in [3.8, 4) is 29.1 Å². The van der Waals surface area contributed by atoms with Crippen LogP contribution < -0.4 is 20.5 Å². The Bertz CT molecular complexity index is 1910. The third-order valence-electron chi connectivity index (χ3n) is 9.33. The molecule has 3 aliphatic heterocycles. The van der Waals surface area contributed by atoms with E-state index in [1.807, 2.05) is 17.9 Å². The first-order valence-electron chi connectivity index (χ1n) is 14.8. The van der Waals surface area contributed by atoms with Crippen LogP contribution in [0, 0.1) is 23.0 Å². The zero-order valence-electron chi connectivity index (χ0n) is 24.5. The van der Waals surface area contributed by atoms with Crippen LogP contribution in [0.5, 0.6) is 11.9 Å². The van der Waals surface area contributed by atoms with Gasteiger partial charge in [0, 0.05) is 30.0 Å². The largest absolute Gasteiger partial charge is 0.472 e. The van der Waals surface area contributed by atoms with Crippen molar-refractivity contribution in [3.63, 3.8) is 0 Å². The van der Waals surface area contributed by atoms with Crippen LogP contribution in [0.1, 0.15) is 43.7 Å². The Morgan fingerprint density at radius 2 is 2.07 bits per heavy atom. The zero-order chi connectivity index (χ0) is 32.5.